The smallest absolute Gasteiger partial charge is 0.225 e. The highest BCUT2D eigenvalue weighted by atomic mass is 16.2. The molecule has 0 spiro atoms. The first kappa shape index (κ1) is 46.5. The Bertz CT molecular complexity index is 1080. The highest BCUT2D eigenvalue weighted by molar-refractivity contribution is 5.91. The van der Waals surface area contributed by atoms with Crippen molar-refractivity contribution in [2.45, 2.75) is 175 Å². The van der Waals surface area contributed by atoms with Crippen LogP contribution in [0.15, 0.2) is 48.5 Å². The van der Waals surface area contributed by atoms with Crippen LogP contribution in [0.5, 0.6) is 0 Å². The second-order valence-electron chi connectivity index (χ2n) is 15.5. The third-order valence-corrected chi connectivity index (χ3v) is 10.5. The van der Waals surface area contributed by atoms with Gasteiger partial charge in [0.15, 0.2) is 0 Å². The van der Waals surface area contributed by atoms with Crippen LogP contribution in [0, 0.1) is 0 Å². The number of hydrogen-bond donors (Lipinski definition) is 2. The lowest BCUT2D eigenvalue weighted by Gasteiger charge is -2.22. The quantitative estimate of drug-likeness (QED) is 0.0703. The van der Waals surface area contributed by atoms with Crippen molar-refractivity contribution in [2.24, 2.45) is 0 Å². The molecule has 0 fully saturated rings. The van der Waals surface area contributed by atoms with Gasteiger partial charge in [-0.05, 0) is 93.7 Å². The molecule has 2 N–H and O–H groups in total. The molecule has 0 radical (unpaired) electrons. The first-order valence-corrected chi connectivity index (χ1v) is 22.2. The van der Waals surface area contributed by atoms with Crippen LogP contribution in [-0.2, 0) is 16.0 Å². The minimum absolute atomic E-state index is 0.0837. The van der Waals surface area contributed by atoms with Gasteiger partial charge < -0.3 is 20.4 Å². The molecule has 2 aromatic carbocycles. The van der Waals surface area contributed by atoms with Gasteiger partial charge in [0.1, 0.15) is 0 Å². The van der Waals surface area contributed by atoms with Crippen LogP contribution in [0.3, 0.4) is 0 Å². The third kappa shape index (κ3) is 24.4. The first-order valence-electron chi connectivity index (χ1n) is 22.2. The van der Waals surface area contributed by atoms with Crippen molar-refractivity contribution in [2.75, 3.05) is 49.9 Å². The van der Waals surface area contributed by atoms with Gasteiger partial charge >= 0.3 is 0 Å². The second kappa shape index (κ2) is 31.6. The summed E-state index contributed by atoms with van der Waals surface area (Å²) in [6.07, 6.45) is 27.4. The van der Waals surface area contributed by atoms with Gasteiger partial charge in [0.2, 0.25) is 11.8 Å². The minimum Gasteiger partial charge on any atom is -0.326 e. The van der Waals surface area contributed by atoms with Gasteiger partial charge in [-0.2, -0.15) is 0 Å². The van der Waals surface area contributed by atoms with Gasteiger partial charge in [-0.25, -0.2) is 0 Å². The zero-order chi connectivity index (χ0) is 38.2. The van der Waals surface area contributed by atoms with E-state index in [1.165, 1.54) is 128 Å². The van der Waals surface area contributed by atoms with E-state index in [1.54, 1.807) is 0 Å². The molecule has 2 amide bonds. The van der Waals surface area contributed by atoms with E-state index in [-0.39, 0.29) is 11.8 Å². The number of carbonyl (C=O) groups excluding carboxylic acids is 2. The maximum Gasteiger partial charge on any atom is 0.225 e. The van der Waals surface area contributed by atoms with Gasteiger partial charge in [-0.3, -0.25) is 9.59 Å². The van der Waals surface area contributed by atoms with Gasteiger partial charge in [-0.1, -0.05) is 155 Å². The standard InChI is InChI=1S/C47H80N4O2/c1-5-9-13-17-21-33-50(34-22-18-14-10-6-2)37-31-46(52)48-44-29-25-27-42(40-44)39-43-28-26-30-45(41-43)49-47(53)32-38-51(35-23-19-15-11-7-3)36-24-20-16-12-8-4/h25-30,40-41H,5-24,31-39H2,1-4H3,(H,48,52)(H,49,53). The Morgan fingerprint density at radius 2 is 0.755 bits per heavy atom. The van der Waals surface area contributed by atoms with Crippen molar-refractivity contribution in [3.63, 3.8) is 0 Å². The predicted octanol–water partition coefficient (Wildman–Crippen LogP) is 12.4. The number of nitrogens with one attached hydrogen (secondary N) is 2. The lowest BCUT2D eigenvalue weighted by molar-refractivity contribution is -0.117. The van der Waals surface area contributed by atoms with Gasteiger partial charge in [-0.15, -0.1) is 0 Å². The van der Waals surface area contributed by atoms with E-state index in [2.05, 4.69) is 72.4 Å². The number of benzene rings is 2. The van der Waals surface area contributed by atoms with E-state index in [0.29, 0.717) is 12.8 Å². The molecule has 300 valence electrons. The summed E-state index contributed by atoms with van der Waals surface area (Å²) in [6.45, 7) is 15.1. The van der Waals surface area contributed by atoms with Crippen molar-refractivity contribution < 1.29 is 9.59 Å². The molecule has 0 aliphatic heterocycles. The summed E-state index contributed by atoms with van der Waals surface area (Å²) in [6, 6.07) is 16.4. The summed E-state index contributed by atoms with van der Waals surface area (Å²) in [5.74, 6) is 0.167. The Hall–Kier alpha value is -2.70. The molecule has 0 saturated carbocycles. The fourth-order valence-corrected chi connectivity index (χ4v) is 7.15. The van der Waals surface area contributed by atoms with E-state index < -0.39 is 0 Å². The number of anilines is 2. The SMILES string of the molecule is CCCCCCCN(CCCCCCC)CCC(=O)Nc1cccc(Cc2cccc(NC(=O)CCN(CCCCCCC)CCCCCCC)c2)c1. The molecule has 0 atom stereocenters. The highest BCUT2D eigenvalue weighted by Gasteiger charge is 2.12. The monoisotopic (exact) mass is 733 g/mol. The zero-order valence-corrected chi connectivity index (χ0v) is 34.8. The largest absolute Gasteiger partial charge is 0.326 e. The first-order chi connectivity index (χ1) is 26.0. The van der Waals surface area contributed by atoms with Crippen molar-refractivity contribution in [1.82, 2.24) is 9.80 Å². The summed E-state index contributed by atoms with van der Waals surface area (Å²) in [5, 5.41) is 6.34. The number of unbranched alkanes of at least 4 members (excludes halogenated alkanes) is 16. The lowest BCUT2D eigenvalue weighted by atomic mass is 10.0. The summed E-state index contributed by atoms with van der Waals surface area (Å²) in [4.78, 5) is 31.1. The summed E-state index contributed by atoms with van der Waals surface area (Å²) >= 11 is 0. The molecule has 53 heavy (non-hydrogen) atoms. The van der Waals surface area contributed by atoms with Crippen LogP contribution in [0.2, 0.25) is 0 Å². The topological polar surface area (TPSA) is 64.7 Å². The lowest BCUT2D eigenvalue weighted by Crippen LogP contribution is -2.30. The fraction of sp³-hybridized carbons (Fsp3) is 0.702. The Kier molecular flexibility index (Phi) is 27.7. The average molecular weight is 733 g/mol. The number of rotatable bonds is 34. The molecule has 0 unspecified atom stereocenters. The molecule has 6 heteroatoms. The molecule has 0 saturated heterocycles. The Morgan fingerprint density at radius 3 is 1.08 bits per heavy atom. The molecule has 6 nitrogen and oxygen atoms in total. The highest BCUT2D eigenvalue weighted by Crippen LogP contribution is 2.19. The van der Waals surface area contributed by atoms with Crippen LogP contribution in [0.1, 0.15) is 180 Å². The Labute approximate surface area is 326 Å². The van der Waals surface area contributed by atoms with Crippen molar-refractivity contribution in [3.05, 3.63) is 59.7 Å². The predicted molar refractivity (Wildman–Crippen MR) is 230 cm³/mol. The van der Waals surface area contributed by atoms with Crippen LogP contribution >= 0.6 is 0 Å². The number of nitrogens with zero attached hydrogens (tertiary/aromatic N) is 2. The van der Waals surface area contributed by atoms with Crippen molar-refractivity contribution >= 4 is 23.2 Å². The number of carbonyl (C=O) groups is 2. The third-order valence-electron chi connectivity index (χ3n) is 10.5. The number of amides is 2. The van der Waals surface area contributed by atoms with E-state index in [0.717, 1.165) is 68.2 Å². The summed E-state index contributed by atoms with van der Waals surface area (Å²) < 4.78 is 0. The summed E-state index contributed by atoms with van der Waals surface area (Å²) in [7, 11) is 0. The molecule has 0 aliphatic carbocycles. The Balaban J connectivity index is 1.86. The zero-order valence-electron chi connectivity index (χ0n) is 34.8. The molecule has 0 bridgehead atoms. The van der Waals surface area contributed by atoms with E-state index in [9.17, 15) is 9.59 Å². The molecule has 2 rings (SSSR count). The van der Waals surface area contributed by atoms with Crippen molar-refractivity contribution in [1.29, 1.82) is 0 Å². The van der Waals surface area contributed by atoms with Crippen LogP contribution in [0.25, 0.3) is 0 Å². The van der Waals surface area contributed by atoms with Crippen molar-refractivity contribution in [3.8, 4) is 0 Å². The summed E-state index contributed by atoms with van der Waals surface area (Å²) in [5.41, 5.74) is 3.98. The van der Waals surface area contributed by atoms with Crippen LogP contribution in [-0.4, -0.2) is 60.9 Å². The molecular formula is C47H80N4O2. The average Bonchev–Trinajstić information content (AvgIpc) is 3.15. The normalized spacial score (nSPS) is 11.4. The molecular weight excluding hydrogens is 653 g/mol. The van der Waals surface area contributed by atoms with Gasteiger partial charge in [0.25, 0.3) is 0 Å². The maximum absolute atomic E-state index is 13.1. The van der Waals surface area contributed by atoms with Crippen LogP contribution in [0.4, 0.5) is 11.4 Å². The van der Waals surface area contributed by atoms with E-state index in [1.807, 2.05) is 24.3 Å². The Morgan fingerprint density at radius 1 is 0.434 bits per heavy atom. The number of hydrogen-bond acceptors (Lipinski definition) is 4. The minimum atomic E-state index is 0.0837. The van der Waals surface area contributed by atoms with E-state index in [4.69, 9.17) is 0 Å². The molecule has 0 heterocycles. The second-order valence-corrected chi connectivity index (χ2v) is 15.5. The van der Waals surface area contributed by atoms with Gasteiger partial charge in [0.05, 0.1) is 0 Å². The fourth-order valence-electron chi connectivity index (χ4n) is 7.15. The molecule has 0 aromatic heterocycles. The molecule has 2 aromatic rings. The molecule has 0 aliphatic rings. The van der Waals surface area contributed by atoms with Gasteiger partial charge in [0, 0.05) is 37.3 Å². The van der Waals surface area contributed by atoms with E-state index >= 15 is 0 Å². The van der Waals surface area contributed by atoms with Crippen LogP contribution < -0.4 is 10.6 Å². The maximum atomic E-state index is 13.1.